The molecule has 1 aromatic rings. The van der Waals surface area contributed by atoms with E-state index in [4.69, 9.17) is 5.11 Å². The first kappa shape index (κ1) is 16.9. The molecule has 0 bridgehead atoms. The van der Waals surface area contributed by atoms with Crippen molar-refractivity contribution in [2.75, 3.05) is 16.8 Å². The molecule has 114 valence electrons. The molecule has 0 spiro atoms. The van der Waals surface area contributed by atoms with E-state index in [1.165, 1.54) is 0 Å². The molecule has 0 radical (unpaired) electrons. The fraction of sp³-hybridized carbons (Fsp3) is 0.250. The van der Waals surface area contributed by atoms with Crippen molar-refractivity contribution in [1.82, 2.24) is 5.32 Å². The molecule has 1 rings (SSSR count). The van der Waals surface area contributed by atoms with Gasteiger partial charge in [-0.1, -0.05) is 0 Å². The summed E-state index contributed by atoms with van der Waals surface area (Å²) >= 11 is 0.937. The van der Waals surface area contributed by atoms with E-state index in [1.54, 1.807) is 0 Å². The van der Waals surface area contributed by atoms with Crippen molar-refractivity contribution < 1.29 is 28.3 Å². The Bertz CT molecular complexity index is 542. The van der Waals surface area contributed by atoms with Gasteiger partial charge in [-0.05, 0) is 12.1 Å². The zero-order valence-corrected chi connectivity index (χ0v) is 11.5. The van der Waals surface area contributed by atoms with Gasteiger partial charge in [0, 0.05) is 11.8 Å². The molecule has 0 aliphatic heterocycles. The minimum Gasteiger partial charge on any atom is -0.480 e. The van der Waals surface area contributed by atoms with E-state index in [0.717, 1.165) is 30.0 Å². The number of hydrogen-bond donors (Lipinski definition) is 3. The number of carboxylic acids is 1. The fourth-order valence-corrected chi connectivity index (χ4v) is 2.17. The highest BCUT2D eigenvalue weighted by molar-refractivity contribution is 8.00. The van der Waals surface area contributed by atoms with Gasteiger partial charge in [0.05, 0.1) is 11.4 Å². The van der Waals surface area contributed by atoms with Crippen LogP contribution in [0.2, 0.25) is 0 Å². The van der Waals surface area contributed by atoms with Crippen LogP contribution in [0.25, 0.3) is 0 Å². The minimum absolute atomic E-state index is 0.0346. The molecule has 0 saturated heterocycles. The van der Waals surface area contributed by atoms with Gasteiger partial charge in [0.1, 0.15) is 17.7 Å². The summed E-state index contributed by atoms with van der Waals surface area (Å²) in [7, 11) is 0. The van der Waals surface area contributed by atoms with Crippen LogP contribution in [0.1, 0.15) is 0 Å². The number of carbonyl (C=O) groups excluding carboxylic acids is 2. The van der Waals surface area contributed by atoms with Gasteiger partial charge >= 0.3 is 5.97 Å². The monoisotopic (exact) mass is 318 g/mol. The Hall–Kier alpha value is -2.16. The quantitative estimate of drug-likeness (QED) is 0.617. The molecule has 0 fully saturated rings. The van der Waals surface area contributed by atoms with E-state index in [1.807, 2.05) is 0 Å². The van der Waals surface area contributed by atoms with E-state index in [-0.39, 0.29) is 23.6 Å². The average molecular weight is 318 g/mol. The van der Waals surface area contributed by atoms with Crippen LogP contribution in [0.3, 0.4) is 0 Å². The summed E-state index contributed by atoms with van der Waals surface area (Å²) in [5.74, 6) is -3.51. The van der Waals surface area contributed by atoms with Crippen molar-refractivity contribution in [3.63, 3.8) is 0 Å². The third-order valence-electron chi connectivity index (χ3n) is 2.29. The highest BCUT2D eigenvalue weighted by Crippen LogP contribution is 2.15. The smallest absolute Gasteiger partial charge is 0.327 e. The van der Waals surface area contributed by atoms with Crippen molar-refractivity contribution >= 4 is 35.7 Å². The number of thioether (sulfide) groups is 1. The van der Waals surface area contributed by atoms with Crippen LogP contribution < -0.4 is 10.6 Å². The molecule has 21 heavy (non-hydrogen) atoms. The lowest BCUT2D eigenvalue weighted by atomic mass is 10.3. The second-order valence-electron chi connectivity index (χ2n) is 3.86. The number of amides is 2. The van der Waals surface area contributed by atoms with Crippen LogP contribution in [0, 0.1) is 11.6 Å². The molecule has 1 aromatic carbocycles. The summed E-state index contributed by atoms with van der Waals surface area (Å²) in [5, 5.41) is 13.0. The summed E-state index contributed by atoms with van der Waals surface area (Å²) < 4.78 is 26.2. The minimum atomic E-state index is -1.23. The predicted octanol–water partition coefficient (Wildman–Crippen LogP) is 0.836. The van der Waals surface area contributed by atoms with Crippen LogP contribution in [0.15, 0.2) is 18.2 Å². The van der Waals surface area contributed by atoms with Crippen LogP contribution in [-0.2, 0) is 14.4 Å². The Morgan fingerprint density at radius 1 is 1.38 bits per heavy atom. The number of nitrogens with one attached hydrogen (secondary N) is 2. The normalized spacial score (nSPS) is 11.5. The molecule has 2 amide bonds. The molecule has 1 atom stereocenters. The topological polar surface area (TPSA) is 95.5 Å². The van der Waals surface area contributed by atoms with Gasteiger partial charge in [-0.25, -0.2) is 13.6 Å². The van der Waals surface area contributed by atoms with Gasteiger partial charge in [0.15, 0.2) is 0 Å². The Morgan fingerprint density at radius 2 is 2.10 bits per heavy atom. The zero-order valence-electron chi connectivity index (χ0n) is 10.6. The van der Waals surface area contributed by atoms with Gasteiger partial charge in [-0.15, -0.1) is 11.8 Å². The third kappa shape index (κ3) is 5.78. The lowest BCUT2D eigenvalue weighted by Crippen LogP contribution is -2.38. The maximum absolute atomic E-state index is 13.3. The van der Waals surface area contributed by atoms with E-state index < -0.39 is 29.6 Å². The largest absolute Gasteiger partial charge is 0.480 e. The van der Waals surface area contributed by atoms with Crippen LogP contribution in [0.5, 0.6) is 0 Å². The van der Waals surface area contributed by atoms with E-state index in [0.29, 0.717) is 0 Å². The molecule has 0 heterocycles. The molecule has 0 aliphatic rings. The molecule has 3 N–H and O–H groups in total. The third-order valence-corrected chi connectivity index (χ3v) is 3.32. The molecule has 6 nitrogen and oxygen atoms in total. The molecule has 0 aliphatic carbocycles. The number of carbonyl (C=O) groups is 3. The standard InChI is InChI=1S/C12H12F2N2O4S/c13-7-1-2-8(14)9(3-7)16-11(18)5-21-4-10(12(19)20)15-6-17/h1-3,6,10H,4-5H2,(H,15,17)(H,16,18)(H,19,20). The zero-order chi connectivity index (χ0) is 15.8. The van der Waals surface area contributed by atoms with Crippen molar-refractivity contribution in [2.24, 2.45) is 0 Å². The second kappa shape index (κ2) is 8.20. The number of benzene rings is 1. The summed E-state index contributed by atoms with van der Waals surface area (Å²) in [6, 6.07) is 1.52. The van der Waals surface area contributed by atoms with Crippen LogP contribution in [0.4, 0.5) is 14.5 Å². The Morgan fingerprint density at radius 3 is 2.71 bits per heavy atom. The van der Waals surface area contributed by atoms with Crippen molar-refractivity contribution in [3.8, 4) is 0 Å². The van der Waals surface area contributed by atoms with Crippen molar-refractivity contribution in [3.05, 3.63) is 29.8 Å². The molecular formula is C12H12F2N2O4S. The van der Waals surface area contributed by atoms with E-state index >= 15 is 0 Å². The summed E-state index contributed by atoms with van der Waals surface area (Å²) in [6.45, 7) is 0. The fourth-order valence-electron chi connectivity index (χ4n) is 1.32. The molecule has 0 saturated carbocycles. The maximum atomic E-state index is 13.3. The van der Waals surface area contributed by atoms with Crippen molar-refractivity contribution in [1.29, 1.82) is 0 Å². The molecule has 0 aromatic heterocycles. The number of carboxylic acid groups (broad SMARTS) is 1. The van der Waals surface area contributed by atoms with E-state index in [2.05, 4.69) is 10.6 Å². The SMILES string of the molecule is O=CNC(CSCC(=O)Nc1cc(F)ccc1F)C(=O)O. The predicted molar refractivity (Wildman–Crippen MR) is 72.9 cm³/mol. The van der Waals surface area contributed by atoms with Crippen LogP contribution in [-0.4, -0.2) is 40.9 Å². The van der Waals surface area contributed by atoms with Gasteiger partial charge < -0.3 is 15.7 Å². The van der Waals surface area contributed by atoms with Gasteiger partial charge in [-0.3, -0.25) is 9.59 Å². The lowest BCUT2D eigenvalue weighted by Gasteiger charge is -2.10. The number of rotatable bonds is 8. The second-order valence-corrected chi connectivity index (χ2v) is 4.89. The first-order valence-electron chi connectivity index (χ1n) is 5.69. The van der Waals surface area contributed by atoms with Gasteiger partial charge in [0.25, 0.3) is 0 Å². The first-order valence-corrected chi connectivity index (χ1v) is 6.84. The summed E-state index contributed by atoms with van der Waals surface area (Å²) in [4.78, 5) is 32.4. The number of halogens is 2. The maximum Gasteiger partial charge on any atom is 0.327 e. The molecule has 1 unspecified atom stereocenters. The summed E-state index contributed by atoms with van der Waals surface area (Å²) in [6.07, 6.45) is 0.252. The Labute approximate surface area is 122 Å². The lowest BCUT2D eigenvalue weighted by molar-refractivity contribution is -0.139. The number of aliphatic carboxylic acids is 1. The van der Waals surface area contributed by atoms with Crippen molar-refractivity contribution in [2.45, 2.75) is 6.04 Å². The van der Waals surface area contributed by atoms with Gasteiger partial charge in [-0.2, -0.15) is 0 Å². The summed E-state index contributed by atoms with van der Waals surface area (Å²) in [5.41, 5.74) is -0.290. The average Bonchev–Trinajstić information content (AvgIpc) is 2.41. The van der Waals surface area contributed by atoms with Crippen LogP contribution >= 0.6 is 11.8 Å². The molecular weight excluding hydrogens is 306 g/mol. The van der Waals surface area contributed by atoms with Gasteiger partial charge in [0.2, 0.25) is 12.3 Å². The first-order chi connectivity index (χ1) is 9.93. The van der Waals surface area contributed by atoms with E-state index in [9.17, 15) is 23.2 Å². The highest BCUT2D eigenvalue weighted by atomic mass is 32.2. The number of anilines is 1. The molecule has 9 heteroatoms. The Balaban J connectivity index is 2.45. The Kier molecular flexibility index (Phi) is 6.60. The highest BCUT2D eigenvalue weighted by Gasteiger charge is 2.17. The number of hydrogen-bond acceptors (Lipinski definition) is 4.